The van der Waals surface area contributed by atoms with E-state index in [2.05, 4.69) is 151 Å². The maximum atomic E-state index is 5.99. The average molecular weight is 579 g/mol. The molecule has 1 heterocycles. The van der Waals surface area contributed by atoms with E-state index >= 15 is 0 Å². The van der Waals surface area contributed by atoms with Crippen molar-refractivity contribution >= 4 is 43.8 Å². The first-order valence-electron chi connectivity index (χ1n) is 15.3. The zero-order valence-corrected chi connectivity index (χ0v) is 25.2. The van der Waals surface area contributed by atoms with E-state index in [1.165, 1.54) is 55.0 Å². The Balaban J connectivity index is 1.47. The Morgan fingerprint density at radius 2 is 1.42 bits per heavy atom. The van der Waals surface area contributed by atoms with Gasteiger partial charge in [-0.25, -0.2) is 0 Å². The molecule has 7 rings (SSSR count). The topological polar surface area (TPSA) is 30.9 Å². The van der Waals surface area contributed by atoms with Crippen molar-refractivity contribution in [1.82, 2.24) is 4.57 Å². The van der Waals surface area contributed by atoms with Crippen LogP contribution in [0.2, 0.25) is 0 Å². The SMILES string of the molecule is C=C/C(=C\N)c1ccc2c3ccc4cc(-c5cccc(-c6ccccc6)c5)ccc4c3n(/C3=C/C=C\C(=C)/C=C\C=C/C3)c2c1. The second-order valence-electron chi connectivity index (χ2n) is 11.3. The molecule has 6 aromatic rings. The predicted molar refractivity (Wildman–Crippen MR) is 196 cm³/mol. The molecule has 1 aliphatic rings. The van der Waals surface area contributed by atoms with Crippen LogP contribution in [0, 0.1) is 0 Å². The molecular formula is C43H34N2. The Bertz CT molecular complexity index is 2270. The number of benzene rings is 5. The molecule has 1 aliphatic carbocycles. The van der Waals surface area contributed by atoms with Gasteiger partial charge in [-0.2, -0.15) is 0 Å². The van der Waals surface area contributed by atoms with Crippen LogP contribution in [0.1, 0.15) is 12.0 Å². The van der Waals surface area contributed by atoms with Gasteiger partial charge in [-0.1, -0.05) is 141 Å². The van der Waals surface area contributed by atoms with E-state index in [1.54, 1.807) is 6.20 Å². The van der Waals surface area contributed by atoms with Crippen LogP contribution >= 0.6 is 0 Å². The van der Waals surface area contributed by atoms with Crippen LogP contribution in [0.3, 0.4) is 0 Å². The van der Waals surface area contributed by atoms with E-state index in [1.807, 2.05) is 18.2 Å². The maximum Gasteiger partial charge on any atom is 0.0616 e. The van der Waals surface area contributed by atoms with Crippen LogP contribution in [0.15, 0.2) is 177 Å². The van der Waals surface area contributed by atoms with Crippen molar-refractivity contribution in [3.8, 4) is 22.3 Å². The molecule has 0 unspecified atom stereocenters. The maximum absolute atomic E-state index is 5.99. The smallest absolute Gasteiger partial charge is 0.0616 e. The molecule has 0 aliphatic heterocycles. The summed E-state index contributed by atoms with van der Waals surface area (Å²) < 4.78 is 2.42. The largest absolute Gasteiger partial charge is 0.404 e. The third-order valence-electron chi connectivity index (χ3n) is 8.55. The first-order chi connectivity index (χ1) is 22.1. The van der Waals surface area contributed by atoms with Crippen molar-refractivity contribution in [3.63, 3.8) is 0 Å². The van der Waals surface area contributed by atoms with Gasteiger partial charge in [0.1, 0.15) is 0 Å². The minimum Gasteiger partial charge on any atom is -0.404 e. The number of aromatic nitrogens is 1. The molecule has 1 aromatic heterocycles. The number of allylic oxidation sites excluding steroid dienone is 11. The highest BCUT2D eigenvalue weighted by Crippen LogP contribution is 2.40. The molecule has 0 atom stereocenters. The molecule has 2 nitrogen and oxygen atoms in total. The van der Waals surface area contributed by atoms with Gasteiger partial charge in [0, 0.05) is 34.5 Å². The van der Waals surface area contributed by atoms with Crippen LogP contribution in [0.4, 0.5) is 0 Å². The highest BCUT2D eigenvalue weighted by Gasteiger charge is 2.17. The zero-order valence-electron chi connectivity index (χ0n) is 25.2. The fraction of sp³-hybridized carbons (Fsp3) is 0.0233. The molecule has 0 fully saturated rings. The van der Waals surface area contributed by atoms with Gasteiger partial charge >= 0.3 is 0 Å². The number of rotatable bonds is 5. The molecule has 0 saturated heterocycles. The van der Waals surface area contributed by atoms with Crippen molar-refractivity contribution in [2.24, 2.45) is 5.73 Å². The summed E-state index contributed by atoms with van der Waals surface area (Å²) in [5.41, 5.74) is 17.2. The molecule has 216 valence electrons. The number of fused-ring (bicyclic) bond motifs is 5. The highest BCUT2D eigenvalue weighted by atomic mass is 15.0. The summed E-state index contributed by atoms with van der Waals surface area (Å²) in [5, 5.41) is 4.83. The molecule has 0 amide bonds. The molecule has 5 aromatic carbocycles. The van der Waals surface area contributed by atoms with E-state index in [0.717, 1.165) is 28.6 Å². The Morgan fingerprint density at radius 3 is 2.24 bits per heavy atom. The van der Waals surface area contributed by atoms with E-state index in [0.29, 0.717) is 0 Å². The first-order valence-corrected chi connectivity index (χ1v) is 15.3. The van der Waals surface area contributed by atoms with Gasteiger partial charge < -0.3 is 10.3 Å². The minimum atomic E-state index is 0.770. The van der Waals surface area contributed by atoms with E-state index in [-0.39, 0.29) is 0 Å². The summed E-state index contributed by atoms with van der Waals surface area (Å²) in [4.78, 5) is 0. The minimum absolute atomic E-state index is 0.770. The number of nitrogens with zero attached hydrogens (tertiary/aromatic N) is 1. The van der Waals surface area contributed by atoms with Gasteiger partial charge in [0.05, 0.1) is 11.0 Å². The van der Waals surface area contributed by atoms with E-state index < -0.39 is 0 Å². The lowest BCUT2D eigenvalue weighted by Crippen LogP contribution is -1.98. The number of nitrogens with two attached hydrogens (primary N) is 1. The lowest BCUT2D eigenvalue weighted by atomic mass is 9.96. The quantitative estimate of drug-likeness (QED) is 0.203. The second kappa shape index (κ2) is 12.0. The van der Waals surface area contributed by atoms with Gasteiger partial charge in [0.15, 0.2) is 0 Å². The predicted octanol–water partition coefficient (Wildman–Crippen LogP) is 11.2. The summed E-state index contributed by atoms with van der Waals surface area (Å²) in [5.74, 6) is 0. The van der Waals surface area contributed by atoms with Gasteiger partial charge in [-0.05, 0) is 68.6 Å². The molecule has 45 heavy (non-hydrogen) atoms. The molecule has 2 N–H and O–H groups in total. The van der Waals surface area contributed by atoms with Gasteiger partial charge in [-0.15, -0.1) is 0 Å². The fourth-order valence-corrected chi connectivity index (χ4v) is 6.30. The summed E-state index contributed by atoms with van der Waals surface area (Å²) in [6.07, 6.45) is 18.9. The Morgan fingerprint density at radius 1 is 0.689 bits per heavy atom. The van der Waals surface area contributed by atoms with Crippen molar-refractivity contribution < 1.29 is 0 Å². The first kappa shape index (κ1) is 27.9. The lowest BCUT2D eigenvalue weighted by Gasteiger charge is -2.14. The lowest BCUT2D eigenvalue weighted by molar-refractivity contribution is 1.14. The number of hydrogen-bond donors (Lipinski definition) is 1. The van der Waals surface area contributed by atoms with E-state index in [4.69, 9.17) is 5.73 Å². The molecular weight excluding hydrogens is 544 g/mol. The fourth-order valence-electron chi connectivity index (χ4n) is 6.30. The van der Waals surface area contributed by atoms with Crippen molar-refractivity contribution in [2.75, 3.05) is 0 Å². The number of hydrogen-bond acceptors (Lipinski definition) is 1. The van der Waals surface area contributed by atoms with Gasteiger partial charge in [-0.3, -0.25) is 0 Å². The average Bonchev–Trinajstić information content (AvgIpc) is 3.42. The van der Waals surface area contributed by atoms with E-state index in [9.17, 15) is 0 Å². The van der Waals surface area contributed by atoms with Crippen LogP contribution in [0.5, 0.6) is 0 Å². The Labute approximate surface area is 264 Å². The Kier molecular flexibility index (Phi) is 7.47. The van der Waals surface area contributed by atoms with Crippen molar-refractivity contribution in [2.45, 2.75) is 6.42 Å². The normalized spacial score (nSPS) is 17.2. The summed E-state index contributed by atoms with van der Waals surface area (Å²) >= 11 is 0. The molecule has 0 radical (unpaired) electrons. The second-order valence-corrected chi connectivity index (χ2v) is 11.3. The molecule has 2 heteroatoms. The van der Waals surface area contributed by atoms with Gasteiger partial charge in [0.25, 0.3) is 0 Å². The molecule has 0 bridgehead atoms. The molecule has 0 spiro atoms. The molecule has 0 saturated carbocycles. The zero-order chi connectivity index (χ0) is 30.8. The van der Waals surface area contributed by atoms with Crippen LogP contribution in [-0.4, -0.2) is 4.57 Å². The Hall–Kier alpha value is -5.86. The highest BCUT2D eigenvalue weighted by molar-refractivity contribution is 6.20. The van der Waals surface area contributed by atoms with Crippen LogP contribution < -0.4 is 5.73 Å². The third-order valence-corrected chi connectivity index (χ3v) is 8.55. The van der Waals surface area contributed by atoms with Crippen LogP contribution in [0.25, 0.3) is 66.1 Å². The monoisotopic (exact) mass is 578 g/mol. The summed E-state index contributed by atoms with van der Waals surface area (Å²) in [6, 6.07) is 37.3. The standard InChI is InChI=1S/C43H34N2/c1-3-31(29-44)36-21-24-40-41-25-22-37-27-35(34-17-11-16-33(26-34)32-14-7-5-8-15-32)20-23-39(37)43(41)45(42(40)28-36)38-18-9-4-6-12-30(2)13-10-19-38/h3-17,19-29H,1-2,18,44H2/b9-4-,12-6-,13-10-,31-29+,38-19+. The van der Waals surface area contributed by atoms with Crippen molar-refractivity contribution in [1.29, 1.82) is 0 Å². The van der Waals surface area contributed by atoms with Gasteiger partial charge in [0.2, 0.25) is 0 Å². The summed E-state index contributed by atoms with van der Waals surface area (Å²) in [7, 11) is 0. The van der Waals surface area contributed by atoms with Crippen molar-refractivity contribution in [3.05, 3.63) is 182 Å². The summed E-state index contributed by atoms with van der Waals surface area (Å²) in [6.45, 7) is 8.14. The third kappa shape index (κ3) is 5.28. The van der Waals surface area contributed by atoms with Crippen LogP contribution in [-0.2, 0) is 0 Å².